The van der Waals surface area contributed by atoms with Crippen LogP contribution in [-0.4, -0.2) is 11.7 Å². The highest BCUT2D eigenvalue weighted by Gasteiger charge is 2.26. The maximum atomic E-state index is 6.51. The van der Waals surface area contributed by atoms with Crippen molar-refractivity contribution in [3.05, 3.63) is 156 Å². The molecule has 2 heterocycles. The van der Waals surface area contributed by atoms with Crippen LogP contribution in [0.15, 0.2) is 143 Å². The molecule has 0 saturated heterocycles. The summed E-state index contributed by atoms with van der Waals surface area (Å²) < 4.78 is 6.51. The summed E-state index contributed by atoms with van der Waals surface area (Å²) in [7, 11) is 0. The van der Waals surface area contributed by atoms with E-state index in [0.717, 1.165) is 50.3 Å². The molecule has 0 amide bonds. The number of ether oxygens (including phenoxy) is 1. The van der Waals surface area contributed by atoms with E-state index >= 15 is 0 Å². The van der Waals surface area contributed by atoms with Crippen molar-refractivity contribution in [2.45, 2.75) is 12.4 Å². The van der Waals surface area contributed by atoms with Crippen molar-refractivity contribution in [3.63, 3.8) is 0 Å². The number of hydrogen-bond acceptors (Lipinski definition) is 5. The molecule has 0 aliphatic carbocycles. The zero-order chi connectivity index (χ0) is 27.2. The molecule has 196 valence electrons. The molecule has 6 aromatic rings. The molecule has 6 aromatic carbocycles. The number of fused-ring (bicyclic) bond motifs is 4. The zero-order valence-corrected chi connectivity index (χ0v) is 22.2. The second-order valence-corrected chi connectivity index (χ2v) is 10.4. The van der Waals surface area contributed by atoms with Gasteiger partial charge in [0.15, 0.2) is 17.8 Å². The Morgan fingerprint density at radius 1 is 0.561 bits per heavy atom. The number of amidine groups is 2. The van der Waals surface area contributed by atoms with E-state index in [4.69, 9.17) is 14.7 Å². The summed E-state index contributed by atoms with van der Waals surface area (Å²) in [5.41, 5.74) is 5.18. The highest BCUT2D eigenvalue weighted by atomic mass is 16.5. The molecule has 2 aliphatic heterocycles. The van der Waals surface area contributed by atoms with Gasteiger partial charge in [-0.1, -0.05) is 109 Å². The van der Waals surface area contributed by atoms with Crippen molar-refractivity contribution >= 4 is 38.9 Å². The van der Waals surface area contributed by atoms with Crippen LogP contribution in [0, 0.1) is 0 Å². The van der Waals surface area contributed by atoms with E-state index in [9.17, 15) is 0 Å². The second-order valence-electron chi connectivity index (χ2n) is 10.4. The van der Waals surface area contributed by atoms with Gasteiger partial charge in [-0.15, -0.1) is 0 Å². The van der Waals surface area contributed by atoms with Gasteiger partial charge in [0.25, 0.3) is 0 Å². The van der Waals surface area contributed by atoms with Crippen molar-refractivity contribution in [3.8, 4) is 5.75 Å². The van der Waals surface area contributed by atoms with Crippen molar-refractivity contribution in [2.75, 3.05) is 5.32 Å². The molecule has 8 rings (SSSR count). The fourth-order valence-electron chi connectivity index (χ4n) is 5.62. The van der Waals surface area contributed by atoms with E-state index in [1.165, 1.54) is 10.8 Å². The first-order valence-corrected chi connectivity index (χ1v) is 13.8. The summed E-state index contributed by atoms with van der Waals surface area (Å²) in [6.07, 6.45) is -0.467. The van der Waals surface area contributed by atoms with Crippen LogP contribution >= 0.6 is 0 Å². The smallest absolute Gasteiger partial charge is 0.196 e. The summed E-state index contributed by atoms with van der Waals surface area (Å²) in [6.45, 7) is 0. The minimum absolute atomic E-state index is 0.232. The standard InChI is InChI=1S/C36H26N4O/c1-3-10-24(11-4-1)33-38-34(25-12-5-2-6-13-25)40-35(39-33)28-17-19-30-27(22-28)18-20-31-32(30)41-36(37-31)29-16-15-23-9-7-8-14-26(23)21-29/h1-22,33,36-37H,(H,38,39,40). The first-order valence-electron chi connectivity index (χ1n) is 13.8. The molecule has 0 radical (unpaired) electrons. The average molecular weight is 531 g/mol. The fraction of sp³-hybridized carbons (Fsp3) is 0.0556. The third-order valence-corrected chi connectivity index (χ3v) is 7.73. The molecular formula is C36H26N4O. The lowest BCUT2D eigenvalue weighted by atomic mass is 10.0. The first kappa shape index (κ1) is 23.5. The Kier molecular flexibility index (Phi) is 5.52. The summed E-state index contributed by atoms with van der Waals surface area (Å²) >= 11 is 0. The second kappa shape index (κ2) is 9.65. The van der Waals surface area contributed by atoms with Crippen LogP contribution in [0.1, 0.15) is 34.6 Å². The van der Waals surface area contributed by atoms with Gasteiger partial charge < -0.3 is 15.4 Å². The van der Waals surface area contributed by atoms with Crippen LogP contribution in [0.3, 0.4) is 0 Å². The predicted molar refractivity (Wildman–Crippen MR) is 167 cm³/mol. The quantitative estimate of drug-likeness (QED) is 0.243. The summed E-state index contributed by atoms with van der Waals surface area (Å²) in [4.78, 5) is 9.92. The van der Waals surface area contributed by atoms with E-state index < -0.39 is 0 Å². The van der Waals surface area contributed by atoms with Gasteiger partial charge in [-0.2, -0.15) is 0 Å². The Morgan fingerprint density at radius 2 is 1.32 bits per heavy atom. The normalized spacial score (nSPS) is 17.7. The van der Waals surface area contributed by atoms with Gasteiger partial charge in [0.1, 0.15) is 12.0 Å². The Balaban J connectivity index is 1.14. The van der Waals surface area contributed by atoms with Gasteiger partial charge in [-0.05, 0) is 46.0 Å². The van der Waals surface area contributed by atoms with Crippen LogP contribution in [0.5, 0.6) is 5.75 Å². The Bertz CT molecular complexity index is 1980. The van der Waals surface area contributed by atoms with Crippen LogP contribution in [0.4, 0.5) is 5.69 Å². The summed E-state index contributed by atoms with van der Waals surface area (Å²) in [5.74, 6) is 2.38. The third-order valence-electron chi connectivity index (χ3n) is 7.73. The maximum absolute atomic E-state index is 6.51. The molecule has 0 saturated carbocycles. The lowest BCUT2D eigenvalue weighted by molar-refractivity contribution is 0.263. The highest BCUT2D eigenvalue weighted by Crippen LogP contribution is 2.43. The molecule has 41 heavy (non-hydrogen) atoms. The van der Waals surface area contributed by atoms with Crippen LogP contribution in [0.2, 0.25) is 0 Å². The zero-order valence-electron chi connectivity index (χ0n) is 22.2. The molecule has 2 unspecified atom stereocenters. The van der Waals surface area contributed by atoms with Gasteiger partial charge >= 0.3 is 0 Å². The Morgan fingerprint density at radius 3 is 2.17 bits per heavy atom. The summed E-state index contributed by atoms with van der Waals surface area (Å²) in [6, 6.07) is 45.9. The molecular weight excluding hydrogens is 504 g/mol. The molecule has 2 N–H and O–H groups in total. The van der Waals surface area contributed by atoms with Crippen LogP contribution < -0.4 is 15.4 Å². The SMILES string of the molecule is c1ccc(C2=NC(c3ccccc3)NC(c3ccc4c5c(ccc4c3)NC(c3ccc4ccccc4c3)O5)=N2)cc1. The summed E-state index contributed by atoms with van der Waals surface area (Å²) in [5, 5.41) is 11.7. The molecule has 0 fully saturated rings. The van der Waals surface area contributed by atoms with Crippen molar-refractivity contribution in [1.82, 2.24) is 5.32 Å². The lowest BCUT2D eigenvalue weighted by Crippen LogP contribution is -2.33. The third kappa shape index (κ3) is 4.28. The van der Waals surface area contributed by atoms with E-state index in [-0.39, 0.29) is 12.4 Å². The molecule has 0 aromatic heterocycles. The monoisotopic (exact) mass is 530 g/mol. The fourth-order valence-corrected chi connectivity index (χ4v) is 5.62. The van der Waals surface area contributed by atoms with E-state index in [1.54, 1.807) is 0 Å². The topological polar surface area (TPSA) is 58.0 Å². The number of aliphatic imine (C=N–C) groups is 2. The Labute approximate surface area is 237 Å². The number of benzene rings is 6. The minimum atomic E-state index is -0.236. The van der Waals surface area contributed by atoms with Crippen LogP contribution in [-0.2, 0) is 0 Å². The van der Waals surface area contributed by atoms with Gasteiger partial charge in [0.05, 0.1) is 5.69 Å². The van der Waals surface area contributed by atoms with Crippen LogP contribution in [0.25, 0.3) is 21.5 Å². The predicted octanol–water partition coefficient (Wildman–Crippen LogP) is 7.99. The number of hydrogen-bond donors (Lipinski definition) is 2. The number of nitrogens with zero attached hydrogens (tertiary/aromatic N) is 2. The van der Waals surface area contributed by atoms with E-state index in [2.05, 4.69) is 95.6 Å². The van der Waals surface area contributed by atoms with Gasteiger partial charge in [-0.3, -0.25) is 0 Å². The minimum Gasteiger partial charge on any atom is -0.464 e. The average Bonchev–Trinajstić information content (AvgIpc) is 3.50. The Hall–Kier alpha value is -5.42. The molecule has 2 aliphatic rings. The highest BCUT2D eigenvalue weighted by molar-refractivity contribution is 6.14. The molecule has 0 bridgehead atoms. The van der Waals surface area contributed by atoms with Crippen molar-refractivity contribution in [1.29, 1.82) is 0 Å². The molecule has 5 heteroatoms. The van der Waals surface area contributed by atoms with Crippen molar-refractivity contribution in [2.24, 2.45) is 9.98 Å². The molecule has 0 spiro atoms. The van der Waals surface area contributed by atoms with E-state index in [1.807, 2.05) is 48.5 Å². The number of nitrogens with one attached hydrogen (secondary N) is 2. The number of rotatable bonds is 4. The van der Waals surface area contributed by atoms with Crippen molar-refractivity contribution < 1.29 is 4.74 Å². The largest absolute Gasteiger partial charge is 0.464 e. The van der Waals surface area contributed by atoms with Gasteiger partial charge in [0, 0.05) is 22.1 Å². The molecule has 2 atom stereocenters. The van der Waals surface area contributed by atoms with Gasteiger partial charge in [-0.25, -0.2) is 9.98 Å². The lowest BCUT2D eigenvalue weighted by Gasteiger charge is -2.24. The molecule has 5 nitrogen and oxygen atoms in total. The van der Waals surface area contributed by atoms with E-state index in [0.29, 0.717) is 5.84 Å². The maximum Gasteiger partial charge on any atom is 0.196 e. The first-order chi connectivity index (χ1) is 20.3. The number of anilines is 1. The van der Waals surface area contributed by atoms with Gasteiger partial charge in [0.2, 0.25) is 0 Å².